The van der Waals surface area contributed by atoms with Crippen molar-refractivity contribution in [1.82, 2.24) is 10.3 Å². The lowest BCUT2D eigenvalue weighted by atomic mass is 10.5. The summed E-state index contributed by atoms with van der Waals surface area (Å²) in [5.74, 6) is 1.19. The van der Waals surface area contributed by atoms with E-state index in [2.05, 4.69) is 15.3 Å². The Balaban J connectivity index is 1.84. The van der Waals surface area contributed by atoms with Gasteiger partial charge in [0.2, 0.25) is 0 Å². The first-order chi connectivity index (χ1) is 6.84. The predicted octanol–water partition coefficient (Wildman–Crippen LogP) is 2.03. The van der Waals surface area contributed by atoms with Crippen LogP contribution in [-0.4, -0.2) is 22.4 Å². The molecule has 0 spiro atoms. The largest absolute Gasteiger partial charge is 0.360 e. The van der Waals surface area contributed by atoms with Crippen molar-refractivity contribution in [3.63, 3.8) is 0 Å². The molecule has 0 unspecified atom stereocenters. The lowest BCUT2D eigenvalue weighted by Gasteiger charge is -2.11. The molecular formula is C9H13N3S2. The highest BCUT2D eigenvalue weighted by Gasteiger charge is 2.05. The third kappa shape index (κ3) is 2.72. The van der Waals surface area contributed by atoms with E-state index in [1.165, 1.54) is 17.1 Å². The van der Waals surface area contributed by atoms with Gasteiger partial charge >= 0.3 is 0 Å². The van der Waals surface area contributed by atoms with Crippen LogP contribution in [0.3, 0.4) is 0 Å². The molecule has 0 saturated carbocycles. The molecule has 0 aromatic carbocycles. The van der Waals surface area contributed by atoms with Gasteiger partial charge in [0.05, 0.1) is 11.6 Å². The molecule has 14 heavy (non-hydrogen) atoms. The fraction of sp³-hybridized carbons (Fsp3) is 0.556. The molecule has 0 radical (unpaired) electrons. The zero-order valence-corrected chi connectivity index (χ0v) is 9.75. The molecular weight excluding hydrogens is 214 g/mol. The fourth-order valence-corrected chi connectivity index (χ4v) is 2.77. The Morgan fingerprint density at radius 3 is 3.14 bits per heavy atom. The summed E-state index contributed by atoms with van der Waals surface area (Å²) >= 11 is 3.55. The van der Waals surface area contributed by atoms with Crippen molar-refractivity contribution in [1.29, 1.82) is 0 Å². The van der Waals surface area contributed by atoms with Crippen LogP contribution >= 0.6 is 23.1 Å². The molecule has 2 rings (SSSR count). The van der Waals surface area contributed by atoms with E-state index in [4.69, 9.17) is 0 Å². The smallest absolute Gasteiger partial charge is 0.156 e. The molecule has 1 N–H and O–H groups in total. The number of nitrogens with zero attached hydrogens (tertiary/aromatic N) is 2. The molecule has 1 aromatic rings. The Bertz CT molecular complexity index is 333. The standard InChI is InChI=1S/C9H13N3S2/c1-7-11-5-8(14-7)6-12-9-10-3-2-4-13-9/h5H,2-4,6H2,1H3,(H,10,12). The molecule has 5 heteroatoms. The van der Waals surface area contributed by atoms with E-state index >= 15 is 0 Å². The van der Waals surface area contributed by atoms with Gasteiger partial charge in [-0.15, -0.1) is 11.3 Å². The highest BCUT2D eigenvalue weighted by Crippen LogP contribution is 2.13. The van der Waals surface area contributed by atoms with Crippen LogP contribution in [0.2, 0.25) is 0 Å². The van der Waals surface area contributed by atoms with Gasteiger partial charge in [0.1, 0.15) is 0 Å². The summed E-state index contributed by atoms with van der Waals surface area (Å²) in [6, 6.07) is 0. The van der Waals surface area contributed by atoms with Gasteiger partial charge in [-0.3, -0.25) is 4.99 Å². The van der Waals surface area contributed by atoms with Gasteiger partial charge in [-0.25, -0.2) is 4.98 Å². The fourth-order valence-electron chi connectivity index (χ4n) is 1.22. The summed E-state index contributed by atoms with van der Waals surface area (Å²) in [5.41, 5.74) is 0. The molecule has 0 amide bonds. The molecule has 0 bridgehead atoms. The third-order valence-corrected chi connectivity index (χ3v) is 3.83. The van der Waals surface area contributed by atoms with Crippen LogP contribution < -0.4 is 5.32 Å². The number of hydrogen-bond donors (Lipinski definition) is 1. The second-order valence-corrected chi connectivity index (χ2v) is 5.49. The number of amidine groups is 1. The Morgan fingerprint density at radius 1 is 1.57 bits per heavy atom. The maximum absolute atomic E-state index is 4.40. The van der Waals surface area contributed by atoms with E-state index in [0.717, 1.165) is 23.3 Å². The molecule has 2 heterocycles. The SMILES string of the molecule is Cc1ncc(CNC2=NCCCS2)s1. The molecule has 0 atom stereocenters. The zero-order chi connectivity index (χ0) is 9.80. The number of aryl methyl sites for hydroxylation is 1. The monoisotopic (exact) mass is 227 g/mol. The maximum atomic E-state index is 4.40. The summed E-state index contributed by atoms with van der Waals surface area (Å²) in [6.45, 7) is 3.86. The highest BCUT2D eigenvalue weighted by atomic mass is 32.2. The first-order valence-corrected chi connectivity index (χ1v) is 6.47. The van der Waals surface area contributed by atoms with Crippen LogP contribution in [0.5, 0.6) is 0 Å². The van der Waals surface area contributed by atoms with Gasteiger partial charge in [-0.05, 0) is 13.3 Å². The number of aromatic nitrogens is 1. The first kappa shape index (κ1) is 9.98. The van der Waals surface area contributed by atoms with E-state index in [1.807, 2.05) is 24.9 Å². The Morgan fingerprint density at radius 2 is 2.50 bits per heavy atom. The van der Waals surface area contributed by atoms with Gasteiger partial charge < -0.3 is 5.32 Å². The van der Waals surface area contributed by atoms with Gasteiger partial charge in [-0.1, -0.05) is 11.8 Å². The van der Waals surface area contributed by atoms with Crippen LogP contribution in [-0.2, 0) is 6.54 Å². The highest BCUT2D eigenvalue weighted by molar-refractivity contribution is 8.13. The maximum Gasteiger partial charge on any atom is 0.156 e. The van der Waals surface area contributed by atoms with Gasteiger partial charge in [0, 0.05) is 23.4 Å². The molecule has 1 aromatic heterocycles. The minimum absolute atomic E-state index is 0.858. The number of rotatable bonds is 2. The number of thiazole rings is 1. The minimum atomic E-state index is 0.858. The van der Waals surface area contributed by atoms with Gasteiger partial charge in [-0.2, -0.15) is 0 Å². The minimum Gasteiger partial charge on any atom is -0.360 e. The van der Waals surface area contributed by atoms with Gasteiger partial charge in [0.25, 0.3) is 0 Å². The molecule has 1 aliphatic rings. The second-order valence-electron chi connectivity index (χ2n) is 3.09. The molecule has 0 fully saturated rings. The van der Waals surface area contributed by atoms with Crippen LogP contribution in [0.4, 0.5) is 0 Å². The van der Waals surface area contributed by atoms with Crippen LogP contribution in [0.15, 0.2) is 11.2 Å². The van der Waals surface area contributed by atoms with Crippen molar-refractivity contribution in [2.24, 2.45) is 4.99 Å². The van der Waals surface area contributed by atoms with Crippen molar-refractivity contribution in [3.05, 3.63) is 16.1 Å². The second kappa shape index (κ2) is 4.79. The van der Waals surface area contributed by atoms with Crippen molar-refractivity contribution >= 4 is 28.3 Å². The molecule has 0 aliphatic carbocycles. The predicted molar refractivity (Wildman–Crippen MR) is 63.1 cm³/mol. The third-order valence-electron chi connectivity index (χ3n) is 1.88. The Kier molecular flexibility index (Phi) is 3.42. The van der Waals surface area contributed by atoms with E-state index in [-0.39, 0.29) is 0 Å². The summed E-state index contributed by atoms with van der Waals surface area (Å²) in [5, 5.41) is 5.55. The molecule has 3 nitrogen and oxygen atoms in total. The number of nitrogens with one attached hydrogen (secondary N) is 1. The van der Waals surface area contributed by atoms with E-state index in [0.29, 0.717) is 0 Å². The molecule has 0 saturated heterocycles. The first-order valence-electron chi connectivity index (χ1n) is 4.67. The van der Waals surface area contributed by atoms with E-state index < -0.39 is 0 Å². The normalized spacial score (nSPS) is 16.5. The van der Waals surface area contributed by atoms with E-state index in [9.17, 15) is 0 Å². The summed E-state index contributed by atoms with van der Waals surface area (Å²) in [6.07, 6.45) is 3.14. The lowest BCUT2D eigenvalue weighted by molar-refractivity contribution is 0.887. The number of hydrogen-bond acceptors (Lipinski definition) is 5. The average Bonchev–Trinajstić information content (AvgIpc) is 2.63. The van der Waals surface area contributed by atoms with Crippen LogP contribution in [0.1, 0.15) is 16.3 Å². The Hall–Kier alpha value is -0.550. The van der Waals surface area contributed by atoms with Crippen LogP contribution in [0.25, 0.3) is 0 Å². The number of aliphatic imine (C=N–C) groups is 1. The molecule has 1 aliphatic heterocycles. The van der Waals surface area contributed by atoms with Crippen LogP contribution in [0, 0.1) is 6.92 Å². The zero-order valence-electron chi connectivity index (χ0n) is 8.12. The average molecular weight is 227 g/mol. The van der Waals surface area contributed by atoms with Gasteiger partial charge in [0.15, 0.2) is 5.17 Å². The molecule has 76 valence electrons. The van der Waals surface area contributed by atoms with Crippen molar-refractivity contribution in [3.8, 4) is 0 Å². The summed E-state index contributed by atoms with van der Waals surface area (Å²) in [4.78, 5) is 9.89. The van der Waals surface area contributed by atoms with Crippen molar-refractivity contribution in [2.45, 2.75) is 19.9 Å². The van der Waals surface area contributed by atoms with E-state index in [1.54, 1.807) is 11.3 Å². The number of thioether (sulfide) groups is 1. The summed E-state index contributed by atoms with van der Waals surface area (Å²) < 4.78 is 0. The quantitative estimate of drug-likeness (QED) is 0.840. The Labute approximate surface area is 92.0 Å². The lowest BCUT2D eigenvalue weighted by Crippen LogP contribution is -2.22. The summed E-state index contributed by atoms with van der Waals surface area (Å²) in [7, 11) is 0. The van der Waals surface area contributed by atoms with Crippen molar-refractivity contribution in [2.75, 3.05) is 12.3 Å². The van der Waals surface area contributed by atoms with Crippen molar-refractivity contribution < 1.29 is 0 Å². The topological polar surface area (TPSA) is 37.3 Å².